The van der Waals surface area contributed by atoms with Crippen LogP contribution in [0.2, 0.25) is 0 Å². The molecular weight excluding hydrogens is 234 g/mol. The third kappa shape index (κ3) is 3.37. The van der Waals surface area contributed by atoms with E-state index in [-0.39, 0.29) is 11.5 Å². The summed E-state index contributed by atoms with van der Waals surface area (Å²) in [5.41, 5.74) is 0.509. The van der Waals surface area contributed by atoms with E-state index in [1.807, 2.05) is 6.92 Å². The molecule has 0 amide bonds. The Morgan fingerprint density at radius 2 is 1.94 bits per heavy atom. The number of hydrogen-bond acceptors (Lipinski definition) is 4. The Bertz CT molecular complexity index is 427. The Morgan fingerprint density at radius 3 is 2.33 bits per heavy atom. The van der Waals surface area contributed by atoms with Crippen molar-refractivity contribution in [1.29, 1.82) is 0 Å². The number of carbonyl (C=O) groups excluding carboxylic acids is 1. The van der Waals surface area contributed by atoms with Crippen LogP contribution in [-0.4, -0.2) is 15.8 Å². The molecule has 18 heavy (non-hydrogen) atoms. The van der Waals surface area contributed by atoms with E-state index in [1.165, 1.54) is 31.2 Å². The normalized spacial score (nSPS) is 13.9. The van der Waals surface area contributed by atoms with Crippen LogP contribution in [0.5, 0.6) is 0 Å². The summed E-state index contributed by atoms with van der Waals surface area (Å²) < 4.78 is 0. The Hall–Kier alpha value is -1.75. The highest BCUT2D eigenvalue weighted by Crippen LogP contribution is 2.27. The van der Waals surface area contributed by atoms with Gasteiger partial charge in [0.1, 0.15) is 5.78 Å². The summed E-state index contributed by atoms with van der Waals surface area (Å²) in [6.45, 7) is 3.40. The maximum absolute atomic E-state index is 11.5. The van der Waals surface area contributed by atoms with E-state index in [0.717, 1.165) is 6.42 Å². The van der Waals surface area contributed by atoms with Crippen molar-refractivity contribution in [1.82, 2.24) is 0 Å². The molecule has 0 radical (unpaired) electrons. The Morgan fingerprint density at radius 1 is 1.39 bits per heavy atom. The molecule has 5 nitrogen and oxygen atoms in total. The van der Waals surface area contributed by atoms with Gasteiger partial charge in [0.15, 0.2) is 0 Å². The van der Waals surface area contributed by atoms with E-state index < -0.39 is 16.9 Å². The molecule has 0 aliphatic carbocycles. The lowest BCUT2D eigenvalue weighted by atomic mass is 9.89. The van der Waals surface area contributed by atoms with Crippen molar-refractivity contribution >= 4 is 11.5 Å². The molecule has 2 atom stereocenters. The first-order valence-corrected chi connectivity index (χ1v) is 5.90. The highest BCUT2D eigenvalue weighted by atomic mass is 16.6. The molecule has 0 aliphatic heterocycles. The summed E-state index contributed by atoms with van der Waals surface area (Å²) >= 11 is 0. The van der Waals surface area contributed by atoms with Gasteiger partial charge in [-0.15, -0.1) is 0 Å². The molecule has 0 saturated carbocycles. The maximum atomic E-state index is 11.5. The van der Waals surface area contributed by atoms with Crippen LogP contribution in [0.25, 0.3) is 0 Å². The van der Waals surface area contributed by atoms with Crippen LogP contribution in [-0.2, 0) is 4.79 Å². The van der Waals surface area contributed by atoms with E-state index in [2.05, 4.69) is 0 Å². The van der Waals surface area contributed by atoms with Gasteiger partial charge >= 0.3 is 0 Å². The largest absolute Gasteiger partial charge is 0.388 e. The van der Waals surface area contributed by atoms with E-state index >= 15 is 0 Å². The predicted molar refractivity (Wildman–Crippen MR) is 67.1 cm³/mol. The molecule has 5 heteroatoms. The summed E-state index contributed by atoms with van der Waals surface area (Å²) in [7, 11) is 0. The van der Waals surface area contributed by atoms with Crippen LogP contribution < -0.4 is 0 Å². The van der Waals surface area contributed by atoms with Crippen molar-refractivity contribution in [2.45, 2.75) is 32.8 Å². The number of ketones is 1. The third-order valence-corrected chi connectivity index (χ3v) is 2.95. The number of non-ortho nitro benzene ring substituents is 1. The van der Waals surface area contributed by atoms with E-state index in [1.54, 1.807) is 0 Å². The molecule has 0 aliphatic rings. The van der Waals surface area contributed by atoms with Crippen molar-refractivity contribution < 1.29 is 14.8 Å². The zero-order chi connectivity index (χ0) is 13.7. The van der Waals surface area contributed by atoms with Crippen molar-refractivity contribution in [3.63, 3.8) is 0 Å². The first-order chi connectivity index (χ1) is 8.47. The molecule has 1 N–H and O–H groups in total. The SMILES string of the molecule is CCCC(C(C)=O)C(O)c1ccc([N+](=O)[O-])cc1. The van der Waals surface area contributed by atoms with Gasteiger partial charge in [0.25, 0.3) is 5.69 Å². The van der Waals surface area contributed by atoms with Gasteiger partial charge in [-0.1, -0.05) is 13.3 Å². The maximum Gasteiger partial charge on any atom is 0.269 e. The Labute approximate surface area is 106 Å². The molecular formula is C13H17NO4. The quantitative estimate of drug-likeness (QED) is 0.622. The fourth-order valence-electron chi connectivity index (χ4n) is 1.92. The monoisotopic (exact) mass is 251 g/mol. The summed E-state index contributed by atoms with van der Waals surface area (Å²) in [5, 5.41) is 20.6. The van der Waals surface area contributed by atoms with Gasteiger partial charge in [-0.3, -0.25) is 14.9 Å². The van der Waals surface area contributed by atoms with Crippen LogP contribution in [0.15, 0.2) is 24.3 Å². The Balaban J connectivity index is 2.91. The molecule has 98 valence electrons. The van der Waals surface area contributed by atoms with Crippen molar-refractivity contribution in [3.05, 3.63) is 39.9 Å². The van der Waals surface area contributed by atoms with Crippen molar-refractivity contribution in [2.24, 2.45) is 5.92 Å². The minimum atomic E-state index is -0.900. The average Bonchev–Trinajstić information content (AvgIpc) is 2.35. The smallest absolute Gasteiger partial charge is 0.269 e. The molecule has 2 unspecified atom stereocenters. The van der Waals surface area contributed by atoms with Crippen LogP contribution >= 0.6 is 0 Å². The highest BCUT2D eigenvalue weighted by molar-refractivity contribution is 5.79. The molecule has 0 fully saturated rings. The van der Waals surface area contributed by atoms with Crippen LogP contribution in [0.1, 0.15) is 38.4 Å². The lowest BCUT2D eigenvalue weighted by molar-refractivity contribution is -0.384. The fourth-order valence-corrected chi connectivity index (χ4v) is 1.92. The lowest BCUT2D eigenvalue weighted by Crippen LogP contribution is -2.20. The van der Waals surface area contributed by atoms with Crippen LogP contribution in [0.4, 0.5) is 5.69 Å². The van der Waals surface area contributed by atoms with Crippen LogP contribution in [0, 0.1) is 16.0 Å². The van der Waals surface area contributed by atoms with E-state index in [0.29, 0.717) is 12.0 Å². The van der Waals surface area contributed by atoms with Gasteiger partial charge in [-0.2, -0.15) is 0 Å². The zero-order valence-electron chi connectivity index (χ0n) is 10.5. The summed E-state index contributed by atoms with van der Waals surface area (Å²) in [4.78, 5) is 21.5. The van der Waals surface area contributed by atoms with Crippen LogP contribution in [0.3, 0.4) is 0 Å². The molecule has 0 heterocycles. The van der Waals surface area contributed by atoms with Gasteiger partial charge in [0.05, 0.1) is 11.0 Å². The number of Topliss-reactive ketones (excluding diaryl/α,β-unsaturated/α-hetero) is 1. The van der Waals surface area contributed by atoms with Gasteiger partial charge in [-0.05, 0) is 31.0 Å². The van der Waals surface area contributed by atoms with Gasteiger partial charge in [-0.25, -0.2) is 0 Å². The van der Waals surface area contributed by atoms with Gasteiger partial charge in [0.2, 0.25) is 0 Å². The zero-order valence-corrected chi connectivity index (χ0v) is 10.5. The lowest BCUT2D eigenvalue weighted by Gasteiger charge is -2.20. The number of hydrogen-bond donors (Lipinski definition) is 1. The molecule has 0 bridgehead atoms. The number of rotatable bonds is 6. The molecule has 1 aromatic carbocycles. The molecule has 1 rings (SSSR count). The minimum Gasteiger partial charge on any atom is -0.388 e. The fraction of sp³-hybridized carbons (Fsp3) is 0.462. The van der Waals surface area contributed by atoms with E-state index in [9.17, 15) is 20.0 Å². The minimum absolute atomic E-state index is 0.0270. The molecule has 0 spiro atoms. The first kappa shape index (κ1) is 14.3. The number of aliphatic hydroxyl groups is 1. The standard InChI is InChI=1S/C13H17NO4/c1-3-4-12(9(2)15)13(16)10-5-7-11(8-6-10)14(17)18/h5-8,12-13,16H,3-4H2,1-2H3. The number of aliphatic hydroxyl groups excluding tert-OH is 1. The third-order valence-electron chi connectivity index (χ3n) is 2.95. The van der Waals surface area contributed by atoms with Gasteiger partial charge in [0, 0.05) is 18.1 Å². The number of benzene rings is 1. The number of nitro benzene ring substituents is 1. The molecule has 1 aromatic rings. The summed E-state index contributed by atoms with van der Waals surface area (Å²) in [6.07, 6.45) is 0.505. The second kappa shape index (κ2) is 6.26. The molecule has 0 saturated heterocycles. The highest BCUT2D eigenvalue weighted by Gasteiger charge is 2.24. The summed E-state index contributed by atoms with van der Waals surface area (Å²) in [6, 6.07) is 5.66. The average molecular weight is 251 g/mol. The van der Waals surface area contributed by atoms with Crippen molar-refractivity contribution in [3.8, 4) is 0 Å². The van der Waals surface area contributed by atoms with E-state index in [4.69, 9.17) is 0 Å². The topological polar surface area (TPSA) is 80.4 Å². The number of carbonyl (C=O) groups is 1. The van der Waals surface area contributed by atoms with Crippen molar-refractivity contribution in [2.75, 3.05) is 0 Å². The number of nitrogens with zero attached hydrogens (tertiary/aromatic N) is 1. The summed E-state index contributed by atoms with van der Waals surface area (Å²) in [5.74, 6) is -0.515. The molecule has 0 aromatic heterocycles. The Kier molecular flexibility index (Phi) is 4.97. The second-order valence-electron chi connectivity index (χ2n) is 4.30. The first-order valence-electron chi connectivity index (χ1n) is 5.90. The van der Waals surface area contributed by atoms with Gasteiger partial charge < -0.3 is 5.11 Å². The number of nitro groups is 1. The predicted octanol–water partition coefficient (Wildman–Crippen LogP) is 2.63. The second-order valence-corrected chi connectivity index (χ2v) is 4.30.